The van der Waals surface area contributed by atoms with Gasteiger partial charge in [0, 0.05) is 20.1 Å². The predicted octanol–water partition coefficient (Wildman–Crippen LogP) is 5.10. The smallest absolute Gasteiger partial charge is 0.261 e. The maximum Gasteiger partial charge on any atom is 0.261 e. The van der Waals surface area contributed by atoms with Crippen LogP contribution in [0.25, 0.3) is 0 Å². The quantitative estimate of drug-likeness (QED) is 0.816. The van der Waals surface area contributed by atoms with Crippen LogP contribution in [0.4, 0.5) is 5.69 Å². The second-order valence-electron chi connectivity index (χ2n) is 3.87. The highest BCUT2D eigenvalue weighted by atomic mass is 35.5. The molecule has 0 spiro atoms. The third-order valence-electron chi connectivity index (χ3n) is 2.26. The van der Waals surface area contributed by atoms with Crippen molar-refractivity contribution in [2.45, 2.75) is 4.90 Å². The van der Waals surface area contributed by atoms with Crippen molar-refractivity contribution in [1.82, 2.24) is 0 Å². The van der Waals surface area contributed by atoms with Crippen molar-refractivity contribution in [3.8, 4) is 0 Å². The summed E-state index contributed by atoms with van der Waals surface area (Å²) in [4.78, 5) is -0.0499. The Morgan fingerprint density at radius 2 is 1.10 bits per heavy atom. The molecule has 1 N–H and O–H groups in total. The minimum Gasteiger partial charge on any atom is -0.280 e. The van der Waals surface area contributed by atoms with Gasteiger partial charge in [0.25, 0.3) is 10.0 Å². The molecule has 2 aromatic rings. The molecule has 0 bridgehead atoms. The summed E-state index contributed by atoms with van der Waals surface area (Å²) >= 11 is 23.2. The van der Waals surface area contributed by atoms with Crippen molar-refractivity contribution < 1.29 is 8.42 Å². The summed E-state index contributed by atoms with van der Waals surface area (Å²) in [7, 11) is -3.83. The molecule has 0 aliphatic rings. The zero-order chi connectivity index (χ0) is 14.9. The van der Waals surface area contributed by atoms with Crippen molar-refractivity contribution in [2.24, 2.45) is 0 Å². The highest BCUT2D eigenvalue weighted by Gasteiger charge is 2.16. The van der Waals surface area contributed by atoms with Gasteiger partial charge in [0.05, 0.1) is 10.6 Å². The van der Waals surface area contributed by atoms with E-state index in [1.54, 1.807) is 0 Å². The summed E-state index contributed by atoms with van der Waals surface area (Å²) in [5.74, 6) is 0. The van der Waals surface area contributed by atoms with E-state index in [0.29, 0.717) is 10.0 Å². The predicted molar refractivity (Wildman–Crippen MR) is 83.7 cm³/mol. The number of halogens is 4. The molecular weight excluding hydrogens is 364 g/mol. The van der Waals surface area contributed by atoms with Gasteiger partial charge in [-0.25, -0.2) is 8.42 Å². The molecule has 0 fully saturated rings. The van der Waals surface area contributed by atoms with Gasteiger partial charge in [-0.15, -0.1) is 0 Å². The first kappa shape index (κ1) is 15.7. The van der Waals surface area contributed by atoms with Gasteiger partial charge in [0.1, 0.15) is 0 Å². The third kappa shape index (κ3) is 3.93. The number of hydrogen-bond acceptors (Lipinski definition) is 2. The molecule has 0 amide bonds. The average Bonchev–Trinajstić information content (AvgIpc) is 2.25. The normalized spacial score (nSPS) is 11.4. The van der Waals surface area contributed by atoms with E-state index < -0.39 is 10.0 Å². The average molecular weight is 371 g/mol. The lowest BCUT2D eigenvalue weighted by atomic mass is 10.3. The van der Waals surface area contributed by atoms with E-state index in [1.165, 1.54) is 36.4 Å². The molecule has 0 radical (unpaired) electrons. The maximum atomic E-state index is 12.2. The first-order chi connectivity index (χ1) is 9.26. The Morgan fingerprint density at radius 1 is 0.700 bits per heavy atom. The van der Waals surface area contributed by atoms with Gasteiger partial charge in [0.15, 0.2) is 0 Å². The van der Waals surface area contributed by atoms with E-state index in [4.69, 9.17) is 46.4 Å². The number of hydrogen-bond donors (Lipinski definition) is 1. The zero-order valence-corrected chi connectivity index (χ0v) is 13.5. The van der Waals surface area contributed by atoms with Crippen molar-refractivity contribution in [3.05, 3.63) is 56.5 Å². The molecule has 0 saturated heterocycles. The van der Waals surface area contributed by atoms with Crippen molar-refractivity contribution in [1.29, 1.82) is 0 Å². The molecule has 20 heavy (non-hydrogen) atoms. The van der Waals surface area contributed by atoms with Crippen LogP contribution in [-0.2, 0) is 10.0 Å². The second kappa shape index (κ2) is 6.00. The van der Waals surface area contributed by atoms with Gasteiger partial charge < -0.3 is 0 Å². The molecule has 3 nitrogen and oxygen atoms in total. The molecule has 0 aliphatic heterocycles. The topological polar surface area (TPSA) is 46.2 Å². The summed E-state index contributed by atoms with van der Waals surface area (Å²) in [6, 6.07) is 8.41. The van der Waals surface area contributed by atoms with Gasteiger partial charge >= 0.3 is 0 Å². The standard InChI is InChI=1S/C12H7Cl4NO2S/c13-7-1-8(14)4-11(3-7)17-20(18,19)12-5-9(15)2-10(16)6-12/h1-6,17H. The van der Waals surface area contributed by atoms with Crippen molar-refractivity contribution in [3.63, 3.8) is 0 Å². The number of anilines is 1. The Bertz CT molecular complexity index is 722. The van der Waals surface area contributed by atoms with Crippen LogP contribution in [0.3, 0.4) is 0 Å². The maximum absolute atomic E-state index is 12.2. The molecule has 0 aromatic heterocycles. The third-order valence-corrected chi connectivity index (χ3v) is 4.49. The number of rotatable bonds is 3. The van der Waals surface area contributed by atoms with E-state index in [9.17, 15) is 8.42 Å². The fourth-order valence-corrected chi connectivity index (χ4v) is 3.80. The molecule has 0 heterocycles. The van der Waals surface area contributed by atoms with Crippen LogP contribution in [0.1, 0.15) is 0 Å². The van der Waals surface area contributed by atoms with Gasteiger partial charge in [0.2, 0.25) is 0 Å². The van der Waals surface area contributed by atoms with Gasteiger partial charge in [-0.05, 0) is 36.4 Å². The molecule has 2 rings (SSSR count). The summed E-state index contributed by atoms with van der Waals surface area (Å²) in [5, 5.41) is 1.09. The first-order valence-electron chi connectivity index (χ1n) is 5.21. The minimum absolute atomic E-state index is 0.0499. The van der Waals surface area contributed by atoms with Crippen molar-refractivity contribution >= 4 is 62.1 Å². The summed E-state index contributed by atoms with van der Waals surface area (Å²) in [6.07, 6.45) is 0. The summed E-state index contributed by atoms with van der Waals surface area (Å²) in [6.45, 7) is 0. The molecule has 0 unspecified atom stereocenters. The van der Waals surface area contributed by atoms with Crippen LogP contribution in [0, 0.1) is 0 Å². The summed E-state index contributed by atoms with van der Waals surface area (Å²) < 4.78 is 26.8. The molecule has 2 aromatic carbocycles. The molecule has 0 saturated carbocycles. The Balaban J connectivity index is 2.40. The number of sulfonamides is 1. The van der Waals surface area contributed by atoms with E-state index in [2.05, 4.69) is 4.72 Å². The van der Waals surface area contributed by atoms with Gasteiger partial charge in [-0.1, -0.05) is 46.4 Å². The fraction of sp³-hybridized carbons (Fsp3) is 0. The first-order valence-corrected chi connectivity index (χ1v) is 8.21. The van der Waals surface area contributed by atoms with Crippen LogP contribution in [0.2, 0.25) is 20.1 Å². The monoisotopic (exact) mass is 369 g/mol. The summed E-state index contributed by atoms with van der Waals surface area (Å²) in [5.41, 5.74) is 0.249. The van der Waals surface area contributed by atoms with Crippen LogP contribution >= 0.6 is 46.4 Å². The van der Waals surface area contributed by atoms with Crippen LogP contribution in [-0.4, -0.2) is 8.42 Å². The highest BCUT2D eigenvalue weighted by Crippen LogP contribution is 2.27. The SMILES string of the molecule is O=S(=O)(Nc1cc(Cl)cc(Cl)c1)c1cc(Cl)cc(Cl)c1. The minimum atomic E-state index is -3.83. The molecule has 8 heteroatoms. The molecule has 0 atom stereocenters. The van der Waals surface area contributed by atoms with E-state index in [0.717, 1.165) is 0 Å². The highest BCUT2D eigenvalue weighted by molar-refractivity contribution is 7.92. The Kier molecular flexibility index (Phi) is 4.72. The van der Waals surface area contributed by atoms with E-state index in [1.807, 2.05) is 0 Å². The Hall–Kier alpha value is -0.650. The van der Waals surface area contributed by atoms with Gasteiger partial charge in [-0.2, -0.15) is 0 Å². The lowest BCUT2D eigenvalue weighted by Gasteiger charge is -2.09. The number of nitrogens with one attached hydrogen (secondary N) is 1. The van der Waals surface area contributed by atoms with Crippen LogP contribution in [0.15, 0.2) is 41.3 Å². The van der Waals surface area contributed by atoms with Crippen LogP contribution < -0.4 is 4.72 Å². The van der Waals surface area contributed by atoms with Crippen LogP contribution in [0.5, 0.6) is 0 Å². The molecule has 106 valence electrons. The van der Waals surface area contributed by atoms with E-state index in [-0.39, 0.29) is 20.6 Å². The largest absolute Gasteiger partial charge is 0.280 e. The number of benzene rings is 2. The molecule has 0 aliphatic carbocycles. The lowest BCUT2D eigenvalue weighted by Crippen LogP contribution is -2.13. The second-order valence-corrected chi connectivity index (χ2v) is 7.30. The lowest BCUT2D eigenvalue weighted by molar-refractivity contribution is 0.601. The zero-order valence-electron chi connectivity index (χ0n) is 9.70. The van der Waals surface area contributed by atoms with Gasteiger partial charge in [-0.3, -0.25) is 4.72 Å². The Morgan fingerprint density at radius 3 is 1.55 bits per heavy atom. The fourth-order valence-electron chi connectivity index (χ4n) is 1.51. The molecular formula is C12H7Cl4NO2S. The Labute approximate surface area is 136 Å². The van der Waals surface area contributed by atoms with E-state index >= 15 is 0 Å². The van der Waals surface area contributed by atoms with Crippen molar-refractivity contribution in [2.75, 3.05) is 4.72 Å².